The average molecular weight is 547 g/mol. The van der Waals surface area contributed by atoms with E-state index in [0.717, 1.165) is 49.3 Å². The van der Waals surface area contributed by atoms with Crippen LogP contribution in [-0.4, -0.2) is 40.1 Å². The summed E-state index contributed by atoms with van der Waals surface area (Å²) in [7, 11) is 0. The SMILES string of the molecule is O=c1c2cc(N3CCCC3)ccc2nc(Cc2ccccc2)n1-c1ccc(C(O)(C(F)(F)F)C(F)(F)F)cc1. The maximum Gasteiger partial charge on any atom is 0.430 e. The van der Waals surface area contributed by atoms with Gasteiger partial charge in [0, 0.05) is 30.8 Å². The smallest absolute Gasteiger partial charge is 0.372 e. The lowest BCUT2D eigenvalue weighted by Crippen LogP contribution is -2.53. The summed E-state index contributed by atoms with van der Waals surface area (Å²) in [6.45, 7) is 1.67. The lowest BCUT2D eigenvalue weighted by molar-refractivity contribution is -0.376. The number of fused-ring (bicyclic) bond motifs is 1. The maximum absolute atomic E-state index is 13.8. The fraction of sp³-hybridized carbons (Fsp3) is 0.286. The number of anilines is 1. The molecule has 1 aliphatic rings. The van der Waals surface area contributed by atoms with Gasteiger partial charge in [0.1, 0.15) is 5.82 Å². The zero-order valence-electron chi connectivity index (χ0n) is 20.4. The summed E-state index contributed by atoms with van der Waals surface area (Å²) in [5.41, 5.74) is -4.92. The fourth-order valence-corrected chi connectivity index (χ4v) is 4.89. The van der Waals surface area contributed by atoms with Gasteiger partial charge in [0.25, 0.3) is 11.2 Å². The minimum atomic E-state index is -6.02. The molecule has 1 N–H and O–H groups in total. The highest BCUT2D eigenvalue weighted by Gasteiger charge is 2.71. The summed E-state index contributed by atoms with van der Waals surface area (Å²) in [5, 5.41) is 10.0. The first-order valence-corrected chi connectivity index (χ1v) is 12.2. The van der Waals surface area contributed by atoms with Crippen LogP contribution in [0.4, 0.5) is 32.0 Å². The summed E-state index contributed by atoms with van der Waals surface area (Å²) in [4.78, 5) is 20.6. The van der Waals surface area contributed by atoms with Crippen molar-refractivity contribution in [3.8, 4) is 5.69 Å². The van der Waals surface area contributed by atoms with E-state index in [1.807, 2.05) is 24.3 Å². The number of rotatable bonds is 5. The lowest BCUT2D eigenvalue weighted by atomic mass is 9.92. The third kappa shape index (κ3) is 4.75. The molecule has 1 aliphatic heterocycles. The van der Waals surface area contributed by atoms with Crippen molar-refractivity contribution in [2.45, 2.75) is 37.2 Å². The molecule has 0 saturated carbocycles. The number of aliphatic hydroxyl groups is 1. The topological polar surface area (TPSA) is 58.4 Å². The molecular formula is C28H23F6N3O2. The van der Waals surface area contributed by atoms with E-state index >= 15 is 0 Å². The summed E-state index contributed by atoms with van der Waals surface area (Å²) in [6, 6.07) is 17.3. The minimum absolute atomic E-state index is 0.0161. The van der Waals surface area contributed by atoms with Crippen molar-refractivity contribution < 1.29 is 31.4 Å². The Labute approximate surface area is 218 Å². The third-order valence-corrected chi connectivity index (χ3v) is 6.96. The number of halogens is 6. The van der Waals surface area contributed by atoms with Crippen molar-refractivity contribution in [2.75, 3.05) is 18.0 Å². The van der Waals surface area contributed by atoms with Crippen LogP contribution in [0.2, 0.25) is 0 Å². The van der Waals surface area contributed by atoms with Crippen molar-refractivity contribution in [3.63, 3.8) is 0 Å². The second-order valence-corrected chi connectivity index (χ2v) is 9.48. The predicted molar refractivity (Wildman–Crippen MR) is 134 cm³/mol. The van der Waals surface area contributed by atoms with Gasteiger partial charge < -0.3 is 10.0 Å². The van der Waals surface area contributed by atoms with Gasteiger partial charge in [0.05, 0.1) is 16.6 Å². The van der Waals surface area contributed by atoms with Crippen LogP contribution in [0.15, 0.2) is 77.6 Å². The molecule has 0 aliphatic carbocycles. The number of aromatic nitrogens is 2. The van der Waals surface area contributed by atoms with Crippen LogP contribution in [0, 0.1) is 0 Å². The largest absolute Gasteiger partial charge is 0.430 e. The second-order valence-electron chi connectivity index (χ2n) is 9.48. The summed E-state index contributed by atoms with van der Waals surface area (Å²) >= 11 is 0. The van der Waals surface area contributed by atoms with Gasteiger partial charge in [0.15, 0.2) is 0 Å². The van der Waals surface area contributed by atoms with Gasteiger partial charge >= 0.3 is 12.4 Å². The van der Waals surface area contributed by atoms with Crippen molar-refractivity contribution in [3.05, 3.63) is 100 Å². The Morgan fingerprint density at radius 1 is 0.795 bits per heavy atom. The average Bonchev–Trinajstić information content (AvgIpc) is 3.43. The predicted octanol–water partition coefficient (Wildman–Crippen LogP) is 5.89. The van der Waals surface area contributed by atoms with Crippen LogP contribution in [0.5, 0.6) is 0 Å². The summed E-state index contributed by atoms with van der Waals surface area (Å²) in [6.07, 6.45) is -9.82. The summed E-state index contributed by atoms with van der Waals surface area (Å²) in [5.74, 6) is 0.252. The molecule has 1 aromatic heterocycles. The molecule has 5 rings (SSSR count). The van der Waals surface area contributed by atoms with E-state index in [1.54, 1.807) is 24.3 Å². The fourth-order valence-electron chi connectivity index (χ4n) is 4.89. The zero-order chi connectivity index (χ0) is 28.0. The quantitative estimate of drug-likeness (QED) is 0.317. The molecule has 0 spiro atoms. The Morgan fingerprint density at radius 3 is 1.97 bits per heavy atom. The number of hydrogen-bond donors (Lipinski definition) is 1. The van der Waals surface area contributed by atoms with Crippen molar-refractivity contribution in [1.29, 1.82) is 0 Å². The summed E-state index contributed by atoms with van der Waals surface area (Å²) < 4.78 is 81.5. The Kier molecular flexibility index (Phi) is 6.66. The highest BCUT2D eigenvalue weighted by Crippen LogP contribution is 2.50. The van der Waals surface area contributed by atoms with Crippen LogP contribution in [0.3, 0.4) is 0 Å². The molecule has 11 heteroatoms. The maximum atomic E-state index is 13.8. The van der Waals surface area contributed by atoms with Crippen molar-refractivity contribution in [2.24, 2.45) is 0 Å². The Morgan fingerprint density at radius 2 is 1.38 bits per heavy atom. The lowest BCUT2D eigenvalue weighted by Gasteiger charge is -2.32. The van der Waals surface area contributed by atoms with Gasteiger partial charge in [-0.15, -0.1) is 0 Å². The monoisotopic (exact) mass is 547 g/mol. The van der Waals surface area contributed by atoms with E-state index in [-0.39, 0.29) is 23.3 Å². The zero-order valence-corrected chi connectivity index (χ0v) is 20.4. The first kappa shape index (κ1) is 26.7. The Balaban J connectivity index is 1.67. The van der Waals surface area contributed by atoms with Crippen molar-refractivity contribution >= 4 is 16.6 Å². The molecule has 4 aromatic rings. The van der Waals surface area contributed by atoms with Gasteiger partial charge in [-0.1, -0.05) is 42.5 Å². The molecule has 0 bridgehead atoms. The van der Waals surface area contributed by atoms with Gasteiger partial charge in [-0.2, -0.15) is 26.3 Å². The molecule has 1 saturated heterocycles. The van der Waals surface area contributed by atoms with E-state index in [2.05, 4.69) is 9.88 Å². The van der Waals surface area contributed by atoms with Gasteiger partial charge in [-0.3, -0.25) is 9.36 Å². The third-order valence-electron chi connectivity index (χ3n) is 6.96. The number of hydrogen-bond acceptors (Lipinski definition) is 4. The number of alkyl halides is 6. The van der Waals surface area contributed by atoms with Gasteiger partial charge in [-0.25, -0.2) is 4.98 Å². The Bertz CT molecular complexity index is 1530. The normalized spacial score (nSPS) is 14.8. The van der Waals surface area contributed by atoms with Gasteiger partial charge in [-0.05, 0) is 48.7 Å². The van der Waals surface area contributed by atoms with E-state index in [0.29, 0.717) is 17.6 Å². The van der Waals surface area contributed by atoms with Crippen LogP contribution >= 0.6 is 0 Å². The van der Waals surface area contributed by atoms with Crippen LogP contribution < -0.4 is 10.5 Å². The van der Waals surface area contributed by atoms with E-state index in [4.69, 9.17) is 0 Å². The van der Waals surface area contributed by atoms with Crippen LogP contribution in [-0.2, 0) is 12.0 Å². The standard InChI is InChI=1S/C28H23F6N3O2/c29-27(30,31)26(39,28(32,33)34)19-8-10-20(11-9-19)37-24(16-18-6-2-1-3-7-18)35-23-13-12-21(17-22(23)25(37)38)36-14-4-5-15-36/h1-3,6-13,17,39H,4-5,14-16H2. The second kappa shape index (κ2) is 9.71. The molecule has 5 nitrogen and oxygen atoms in total. The minimum Gasteiger partial charge on any atom is -0.372 e. The molecular weight excluding hydrogens is 524 g/mol. The molecule has 0 radical (unpaired) electrons. The molecule has 0 unspecified atom stereocenters. The van der Waals surface area contributed by atoms with Crippen LogP contribution in [0.1, 0.15) is 29.8 Å². The highest BCUT2D eigenvalue weighted by atomic mass is 19.4. The molecule has 2 heterocycles. The van der Waals surface area contributed by atoms with Crippen molar-refractivity contribution in [1.82, 2.24) is 9.55 Å². The van der Waals surface area contributed by atoms with E-state index < -0.39 is 29.1 Å². The first-order valence-electron chi connectivity index (χ1n) is 12.2. The highest BCUT2D eigenvalue weighted by molar-refractivity contribution is 5.82. The number of nitrogens with zero attached hydrogens (tertiary/aromatic N) is 3. The van der Waals surface area contributed by atoms with Gasteiger partial charge in [0.2, 0.25) is 0 Å². The molecule has 1 fully saturated rings. The molecule has 0 atom stereocenters. The first-order chi connectivity index (χ1) is 18.4. The van der Waals surface area contributed by atoms with E-state index in [1.165, 1.54) is 4.57 Å². The molecule has 0 amide bonds. The van der Waals surface area contributed by atoms with Crippen LogP contribution in [0.25, 0.3) is 16.6 Å². The Hall–Kier alpha value is -3.86. The number of benzene rings is 3. The van der Waals surface area contributed by atoms with E-state index in [9.17, 15) is 36.2 Å². The molecule has 3 aromatic carbocycles. The molecule has 39 heavy (non-hydrogen) atoms. The molecule has 204 valence electrons.